The van der Waals surface area contributed by atoms with Crippen LogP contribution in [0, 0.1) is 6.92 Å². The largest absolute Gasteiger partial charge is 0.321 e. The number of rotatable bonds is 5. The number of nitrogens with one attached hydrogen (secondary N) is 1. The number of para-hydroxylation sites is 1. The summed E-state index contributed by atoms with van der Waals surface area (Å²) < 4.78 is 2.15. The van der Waals surface area contributed by atoms with Crippen LogP contribution in [0.4, 0.5) is 10.5 Å². The van der Waals surface area contributed by atoms with Gasteiger partial charge in [-0.1, -0.05) is 23.9 Å². The van der Waals surface area contributed by atoms with Gasteiger partial charge in [0.1, 0.15) is 5.01 Å². The number of nitrogens with zero attached hydrogens (tertiary/aromatic N) is 3. The Bertz CT molecular complexity index is 1070. The van der Waals surface area contributed by atoms with Gasteiger partial charge in [0.05, 0.1) is 16.8 Å². The summed E-state index contributed by atoms with van der Waals surface area (Å²) in [5.74, 6) is 0. The average Bonchev–Trinajstić information content (AvgIpc) is 3.28. The number of anilines is 1. The number of benzene rings is 2. The Kier molecular flexibility index (Phi) is 5.61. The van der Waals surface area contributed by atoms with Crippen LogP contribution in [0.25, 0.3) is 10.2 Å². The minimum Gasteiger partial charge on any atom is -0.321 e. The van der Waals surface area contributed by atoms with E-state index in [1.165, 1.54) is 0 Å². The van der Waals surface area contributed by atoms with E-state index in [9.17, 15) is 4.79 Å². The number of aromatic nitrogens is 2. The van der Waals surface area contributed by atoms with Gasteiger partial charge in [0.2, 0.25) is 0 Å². The summed E-state index contributed by atoms with van der Waals surface area (Å²) in [6.45, 7) is 2.46. The van der Waals surface area contributed by atoms with Crippen LogP contribution in [-0.4, -0.2) is 27.9 Å². The van der Waals surface area contributed by atoms with E-state index in [2.05, 4.69) is 15.3 Å². The van der Waals surface area contributed by atoms with Crippen LogP contribution in [0.15, 0.2) is 63.1 Å². The number of thiazole rings is 2. The summed E-state index contributed by atoms with van der Waals surface area (Å²) in [6, 6.07) is 15.6. The second kappa shape index (κ2) is 8.30. The highest BCUT2D eigenvalue weighted by atomic mass is 32.2. The maximum Gasteiger partial charge on any atom is 0.321 e. The lowest BCUT2D eigenvalue weighted by molar-refractivity contribution is 0.220. The lowest BCUT2D eigenvalue weighted by atomic mass is 10.3. The van der Waals surface area contributed by atoms with Crippen molar-refractivity contribution in [2.24, 2.45) is 0 Å². The highest BCUT2D eigenvalue weighted by Gasteiger charge is 2.12. The number of urea groups is 1. The molecule has 4 rings (SSSR count). The van der Waals surface area contributed by atoms with Crippen molar-refractivity contribution in [3.8, 4) is 0 Å². The quantitative estimate of drug-likeness (QED) is 0.433. The van der Waals surface area contributed by atoms with E-state index >= 15 is 0 Å². The predicted molar refractivity (Wildman–Crippen MR) is 118 cm³/mol. The second-order valence-corrected chi connectivity index (χ2v) is 9.54. The molecule has 0 aliphatic carbocycles. The predicted octanol–water partition coefficient (Wildman–Crippen LogP) is 5.88. The zero-order valence-electron chi connectivity index (χ0n) is 15.4. The van der Waals surface area contributed by atoms with Crippen molar-refractivity contribution >= 4 is 56.4 Å². The maximum absolute atomic E-state index is 12.5. The minimum absolute atomic E-state index is 0.157. The fraction of sp³-hybridized carbons (Fsp3) is 0.150. The number of carbonyl (C=O) groups is 1. The third-order valence-corrected chi connectivity index (χ3v) is 7.05. The lowest BCUT2D eigenvalue weighted by Gasteiger charge is -2.16. The van der Waals surface area contributed by atoms with Crippen LogP contribution in [0.2, 0.25) is 0 Å². The third kappa shape index (κ3) is 4.52. The van der Waals surface area contributed by atoms with E-state index < -0.39 is 0 Å². The zero-order chi connectivity index (χ0) is 19.5. The Labute approximate surface area is 175 Å². The van der Waals surface area contributed by atoms with E-state index in [0.717, 1.165) is 35.8 Å². The number of amides is 2. The van der Waals surface area contributed by atoms with Crippen molar-refractivity contribution in [1.82, 2.24) is 14.9 Å². The SMILES string of the molecule is Cc1csc(Sc2ccc(NC(=O)N(C)Cc3nc4ccccc4s3)cc2)n1. The Hall–Kier alpha value is -2.42. The Morgan fingerprint density at radius 2 is 1.93 bits per heavy atom. The standard InChI is InChI=1S/C20H18N4OS3/c1-13-12-26-20(21-13)27-15-9-7-14(8-10-15)22-19(25)24(2)11-18-23-16-5-3-4-6-17(16)28-18/h3-10,12H,11H2,1-2H3,(H,22,25). The molecule has 2 aromatic carbocycles. The molecule has 5 nitrogen and oxygen atoms in total. The number of fused-ring (bicyclic) bond motifs is 1. The number of hydrogen-bond donors (Lipinski definition) is 1. The lowest BCUT2D eigenvalue weighted by Crippen LogP contribution is -2.30. The van der Waals surface area contributed by atoms with Gasteiger partial charge in [-0.2, -0.15) is 0 Å². The van der Waals surface area contributed by atoms with Gasteiger partial charge in [0.15, 0.2) is 4.34 Å². The topological polar surface area (TPSA) is 58.1 Å². The summed E-state index contributed by atoms with van der Waals surface area (Å²) in [7, 11) is 1.77. The summed E-state index contributed by atoms with van der Waals surface area (Å²) in [6.07, 6.45) is 0. The first kappa shape index (κ1) is 18.9. The Morgan fingerprint density at radius 3 is 2.64 bits per heavy atom. The van der Waals surface area contributed by atoms with Gasteiger partial charge in [-0.05, 0) is 43.3 Å². The molecule has 0 radical (unpaired) electrons. The molecule has 8 heteroatoms. The minimum atomic E-state index is -0.157. The van der Waals surface area contributed by atoms with Crippen molar-refractivity contribution in [3.63, 3.8) is 0 Å². The molecular formula is C20H18N4OS3. The first-order valence-corrected chi connectivity index (χ1v) is 11.1. The van der Waals surface area contributed by atoms with Gasteiger partial charge < -0.3 is 10.2 Å². The van der Waals surface area contributed by atoms with E-state index in [-0.39, 0.29) is 6.03 Å². The van der Waals surface area contributed by atoms with Crippen molar-refractivity contribution in [3.05, 3.63) is 64.6 Å². The smallest absolute Gasteiger partial charge is 0.321 e. The van der Waals surface area contributed by atoms with E-state index in [4.69, 9.17) is 0 Å². The fourth-order valence-corrected chi connectivity index (χ4v) is 5.40. The first-order valence-electron chi connectivity index (χ1n) is 8.63. The molecular weight excluding hydrogens is 408 g/mol. The monoisotopic (exact) mass is 426 g/mol. The number of carbonyl (C=O) groups excluding carboxylic acids is 1. The summed E-state index contributed by atoms with van der Waals surface area (Å²) >= 11 is 4.87. The number of hydrogen-bond acceptors (Lipinski definition) is 6. The fourth-order valence-electron chi connectivity index (χ4n) is 2.57. The van der Waals surface area contributed by atoms with Crippen LogP contribution in [0.5, 0.6) is 0 Å². The second-order valence-electron chi connectivity index (χ2n) is 6.24. The van der Waals surface area contributed by atoms with Gasteiger partial charge in [-0.15, -0.1) is 22.7 Å². The summed E-state index contributed by atoms with van der Waals surface area (Å²) in [5, 5.41) is 5.89. The first-order chi connectivity index (χ1) is 13.6. The van der Waals surface area contributed by atoms with Crippen LogP contribution in [0.3, 0.4) is 0 Å². The van der Waals surface area contributed by atoms with Gasteiger partial charge in [0.25, 0.3) is 0 Å². The third-order valence-electron chi connectivity index (χ3n) is 3.97. The zero-order valence-corrected chi connectivity index (χ0v) is 17.8. The molecule has 2 heterocycles. The van der Waals surface area contributed by atoms with Crippen LogP contribution in [-0.2, 0) is 6.54 Å². The molecule has 0 atom stereocenters. The molecule has 142 valence electrons. The Balaban J connectivity index is 1.35. The molecule has 0 saturated carbocycles. The summed E-state index contributed by atoms with van der Waals surface area (Å²) in [4.78, 5) is 24.3. The van der Waals surface area contributed by atoms with Crippen molar-refractivity contribution in [2.75, 3.05) is 12.4 Å². The molecule has 2 amide bonds. The van der Waals surface area contributed by atoms with Crippen molar-refractivity contribution in [2.45, 2.75) is 22.7 Å². The molecule has 0 aliphatic rings. The molecule has 0 fully saturated rings. The molecule has 4 aromatic rings. The highest BCUT2D eigenvalue weighted by molar-refractivity contribution is 8.01. The molecule has 28 heavy (non-hydrogen) atoms. The molecule has 2 aromatic heterocycles. The van der Waals surface area contributed by atoms with Gasteiger partial charge in [-0.25, -0.2) is 14.8 Å². The van der Waals surface area contributed by atoms with Gasteiger partial charge in [0, 0.05) is 28.7 Å². The van der Waals surface area contributed by atoms with Crippen molar-refractivity contribution in [1.29, 1.82) is 0 Å². The van der Waals surface area contributed by atoms with E-state index in [1.807, 2.05) is 60.8 Å². The molecule has 0 unspecified atom stereocenters. The number of aryl methyl sites for hydroxylation is 1. The molecule has 0 saturated heterocycles. The average molecular weight is 427 g/mol. The van der Waals surface area contributed by atoms with Gasteiger partial charge in [-0.3, -0.25) is 0 Å². The molecule has 0 bridgehead atoms. The molecule has 1 N–H and O–H groups in total. The van der Waals surface area contributed by atoms with Crippen LogP contribution in [0.1, 0.15) is 10.7 Å². The van der Waals surface area contributed by atoms with Crippen molar-refractivity contribution < 1.29 is 4.79 Å². The Morgan fingerprint density at radius 1 is 1.14 bits per heavy atom. The highest BCUT2D eigenvalue weighted by Crippen LogP contribution is 2.31. The summed E-state index contributed by atoms with van der Waals surface area (Å²) in [5.41, 5.74) is 2.77. The maximum atomic E-state index is 12.5. The van der Waals surface area contributed by atoms with Crippen LogP contribution < -0.4 is 5.32 Å². The van der Waals surface area contributed by atoms with Gasteiger partial charge >= 0.3 is 6.03 Å². The van der Waals surface area contributed by atoms with Crippen LogP contribution >= 0.6 is 34.4 Å². The molecule has 0 spiro atoms. The normalized spacial score (nSPS) is 10.9. The van der Waals surface area contributed by atoms with E-state index in [1.54, 1.807) is 46.4 Å². The molecule has 0 aliphatic heterocycles. The van der Waals surface area contributed by atoms with E-state index in [0.29, 0.717) is 6.54 Å².